The summed E-state index contributed by atoms with van der Waals surface area (Å²) in [4.78, 5) is 25.0. The lowest BCUT2D eigenvalue weighted by atomic mass is 9.43. The molecule has 0 heterocycles. The third kappa shape index (κ3) is 2.65. The fraction of sp³-hybridized carbons (Fsp3) is 0.917. The molecule has 0 saturated heterocycles. The van der Waals surface area contributed by atoms with Gasteiger partial charge in [0.15, 0.2) is 5.78 Å². The molecule has 0 aromatic carbocycles. The minimum absolute atomic E-state index is 0.00568. The van der Waals surface area contributed by atoms with E-state index < -0.39 is 0 Å². The van der Waals surface area contributed by atoms with Gasteiger partial charge in [-0.3, -0.25) is 9.59 Å². The second kappa shape index (κ2) is 6.82. The maximum absolute atomic E-state index is 13.5. The smallest absolute Gasteiger partial charge is 0.302 e. The minimum atomic E-state index is -0.126. The Balaban J connectivity index is 1.40. The molecule has 5 saturated carbocycles. The number of rotatable bonds is 1. The van der Waals surface area contributed by atoms with Crippen LogP contribution in [0.3, 0.4) is 0 Å². The number of hydrogen-bond donors (Lipinski definition) is 0. The Morgan fingerprint density at radius 2 is 1.71 bits per heavy atom. The van der Waals surface area contributed by atoms with E-state index in [2.05, 4.69) is 22.9 Å². The third-order valence-corrected chi connectivity index (χ3v) is 11.0. The first-order chi connectivity index (χ1) is 13.4. The highest BCUT2D eigenvalue weighted by Crippen LogP contribution is 2.69. The van der Waals surface area contributed by atoms with E-state index >= 15 is 0 Å². The van der Waals surface area contributed by atoms with Crippen LogP contribution in [0.1, 0.15) is 84.5 Å². The zero-order valence-corrected chi connectivity index (χ0v) is 19.0. The van der Waals surface area contributed by atoms with Crippen molar-refractivity contribution < 1.29 is 14.3 Å². The summed E-state index contributed by atoms with van der Waals surface area (Å²) < 4.78 is 5.60. The van der Waals surface area contributed by atoms with Crippen molar-refractivity contribution in [2.24, 2.45) is 40.4 Å². The van der Waals surface area contributed by atoms with E-state index in [0.29, 0.717) is 29.0 Å². The van der Waals surface area contributed by atoms with Gasteiger partial charge in [0.1, 0.15) is 6.10 Å². The van der Waals surface area contributed by atoms with Gasteiger partial charge in [-0.15, -0.1) is 0 Å². The summed E-state index contributed by atoms with van der Waals surface area (Å²) in [6.45, 7) is 4.08. The van der Waals surface area contributed by atoms with E-state index in [4.69, 9.17) is 4.74 Å². The summed E-state index contributed by atoms with van der Waals surface area (Å²) in [6, 6.07) is 0. The lowest BCUT2D eigenvalue weighted by molar-refractivity contribution is -0.165. The molecule has 0 aromatic rings. The van der Waals surface area contributed by atoms with Gasteiger partial charge in [-0.05, 0) is 106 Å². The summed E-state index contributed by atoms with van der Waals surface area (Å²) >= 11 is 3.74. The van der Waals surface area contributed by atoms with Crippen LogP contribution in [-0.2, 0) is 14.3 Å². The number of ketones is 1. The van der Waals surface area contributed by atoms with Gasteiger partial charge in [0.05, 0.1) is 4.83 Å². The zero-order valence-electron chi connectivity index (χ0n) is 17.4. The molecule has 0 aromatic heterocycles. The highest BCUT2D eigenvalue weighted by Gasteiger charge is 2.65. The highest BCUT2D eigenvalue weighted by atomic mass is 79.9. The molecule has 0 aliphatic heterocycles. The Hall–Kier alpha value is -0.380. The van der Waals surface area contributed by atoms with Crippen LogP contribution < -0.4 is 0 Å². The van der Waals surface area contributed by atoms with E-state index in [9.17, 15) is 9.59 Å². The van der Waals surface area contributed by atoms with Crippen LogP contribution in [0.25, 0.3) is 0 Å². The number of halogens is 1. The molecule has 0 unspecified atom stereocenters. The number of Topliss-reactive ketones (excluding diaryl/α,β-unsaturated/α-hetero) is 1. The van der Waals surface area contributed by atoms with Gasteiger partial charge in [-0.1, -0.05) is 22.9 Å². The first kappa shape index (κ1) is 19.6. The summed E-state index contributed by atoms with van der Waals surface area (Å²) in [6.07, 6.45) is 13.2. The van der Waals surface area contributed by atoms with Gasteiger partial charge in [-0.2, -0.15) is 0 Å². The third-order valence-electron chi connectivity index (χ3n) is 10.1. The van der Waals surface area contributed by atoms with Crippen LogP contribution >= 0.6 is 15.9 Å². The van der Waals surface area contributed by atoms with Gasteiger partial charge in [0.25, 0.3) is 0 Å². The van der Waals surface area contributed by atoms with E-state index in [1.54, 1.807) is 6.92 Å². The Kier molecular flexibility index (Phi) is 4.77. The van der Waals surface area contributed by atoms with E-state index in [0.717, 1.165) is 37.5 Å². The topological polar surface area (TPSA) is 43.4 Å². The van der Waals surface area contributed by atoms with Crippen molar-refractivity contribution in [3.63, 3.8) is 0 Å². The first-order valence-electron chi connectivity index (χ1n) is 11.7. The Morgan fingerprint density at radius 3 is 2.50 bits per heavy atom. The number of carbonyl (C=O) groups is 2. The van der Waals surface area contributed by atoms with Crippen molar-refractivity contribution in [2.45, 2.75) is 95.4 Å². The van der Waals surface area contributed by atoms with E-state index in [1.807, 2.05) is 0 Å². The van der Waals surface area contributed by atoms with Crippen molar-refractivity contribution in [3.05, 3.63) is 0 Å². The van der Waals surface area contributed by atoms with Crippen molar-refractivity contribution in [3.8, 4) is 0 Å². The van der Waals surface area contributed by atoms with Gasteiger partial charge < -0.3 is 4.74 Å². The molecule has 5 fully saturated rings. The minimum Gasteiger partial charge on any atom is -0.463 e. The lowest BCUT2D eigenvalue weighted by Gasteiger charge is -2.61. The summed E-state index contributed by atoms with van der Waals surface area (Å²) in [5.74, 6) is 3.92. The molecule has 5 aliphatic rings. The molecule has 1 spiro atoms. The summed E-state index contributed by atoms with van der Waals surface area (Å²) in [7, 11) is 0. The molecular formula is C24H35BrO3. The Labute approximate surface area is 177 Å². The van der Waals surface area contributed by atoms with Gasteiger partial charge >= 0.3 is 5.97 Å². The quantitative estimate of drug-likeness (QED) is 0.380. The maximum Gasteiger partial charge on any atom is 0.302 e. The molecule has 0 radical (unpaired) electrons. The molecule has 0 N–H and O–H groups in total. The van der Waals surface area contributed by atoms with Crippen molar-refractivity contribution in [2.75, 3.05) is 0 Å². The number of hydrogen-bond acceptors (Lipinski definition) is 3. The fourth-order valence-corrected chi connectivity index (χ4v) is 9.72. The second-order valence-electron chi connectivity index (χ2n) is 10.9. The number of esters is 1. The maximum atomic E-state index is 13.5. The molecule has 9 atom stereocenters. The summed E-state index contributed by atoms with van der Waals surface area (Å²) in [5.41, 5.74) is 0.385. The average Bonchev–Trinajstić information content (AvgIpc) is 3.05. The molecule has 3 nitrogen and oxygen atoms in total. The van der Waals surface area contributed by atoms with Crippen LogP contribution in [0.15, 0.2) is 0 Å². The Bertz CT molecular complexity index is 677. The van der Waals surface area contributed by atoms with E-state index in [1.165, 1.54) is 44.9 Å². The van der Waals surface area contributed by atoms with Gasteiger partial charge in [-0.25, -0.2) is 0 Å². The summed E-state index contributed by atoms with van der Waals surface area (Å²) in [5, 5.41) is 0. The van der Waals surface area contributed by atoms with Crippen LogP contribution in [0.4, 0.5) is 0 Å². The largest absolute Gasteiger partial charge is 0.463 e. The monoisotopic (exact) mass is 450 g/mol. The predicted molar refractivity (Wildman–Crippen MR) is 112 cm³/mol. The lowest BCUT2D eigenvalue weighted by Crippen LogP contribution is -2.58. The van der Waals surface area contributed by atoms with Crippen LogP contribution in [0, 0.1) is 40.4 Å². The van der Waals surface area contributed by atoms with Crippen molar-refractivity contribution in [1.29, 1.82) is 0 Å². The Morgan fingerprint density at radius 1 is 0.964 bits per heavy atom. The van der Waals surface area contributed by atoms with Crippen LogP contribution in [0.5, 0.6) is 0 Å². The number of carbonyl (C=O) groups excluding carboxylic acids is 2. The first-order valence-corrected chi connectivity index (χ1v) is 12.6. The van der Waals surface area contributed by atoms with Gasteiger partial charge in [0, 0.05) is 12.3 Å². The standard InChI is InChI=1S/C24H35BrO3/c1-14(26)28-17-9-11-23(2)16(13-17)3-6-18-19(23)10-12-24-15(4-7-20(18)24)5-8-21(25)22(24)27/h15-21H,3-13H2,1-2H3/t15-,16+,17-,18-,19+,20+,21+,23+,24-/m1/s1. The highest BCUT2D eigenvalue weighted by molar-refractivity contribution is 9.10. The van der Waals surface area contributed by atoms with E-state index in [-0.39, 0.29) is 22.3 Å². The van der Waals surface area contributed by atoms with Crippen LogP contribution in [0.2, 0.25) is 0 Å². The molecule has 4 heteroatoms. The zero-order chi connectivity index (χ0) is 19.7. The van der Waals surface area contributed by atoms with Gasteiger partial charge in [0.2, 0.25) is 0 Å². The SMILES string of the molecule is CC(=O)O[C@@H]1CC[C@@]2(C)[C@@H](CC[C@@H]3[C@@H]2CC[C@@]24C(=O)[C@@H](Br)CC[C@H]2CC[C@@H]34)C1. The van der Waals surface area contributed by atoms with Crippen molar-refractivity contribution in [1.82, 2.24) is 0 Å². The number of fused-ring (bicyclic) bond motifs is 4. The number of alkyl halides is 1. The normalized spacial score (nSPS) is 52.8. The second-order valence-corrected chi connectivity index (χ2v) is 12.0. The molecule has 156 valence electrons. The molecule has 0 amide bonds. The average molecular weight is 451 g/mol. The molecule has 0 bridgehead atoms. The number of ether oxygens (including phenoxy) is 1. The predicted octanol–water partition coefficient (Wildman–Crippen LogP) is 5.68. The molecule has 5 aliphatic carbocycles. The van der Waals surface area contributed by atoms with Crippen LogP contribution in [-0.4, -0.2) is 22.7 Å². The molecule has 28 heavy (non-hydrogen) atoms. The fourth-order valence-electron chi connectivity index (χ4n) is 9.03. The molecular weight excluding hydrogens is 416 g/mol. The molecule has 5 rings (SSSR count). The van der Waals surface area contributed by atoms with Crippen molar-refractivity contribution >= 4 is 27.7 Å².